The third kappa shape index (κ3) is 43.0. The van der Waals surface area contributed by atoms with Gasteiger partial charge in [-0.1, -0.05) is 146 Å². The van der Waals surface area contributed by atoms with E-state index in [0.29, 0.717) is 39.3 Å². The number of rotatable bonds is 46. The van der Waals surface area contributed by atoms with Crippen molar-refractivity contribution in [1.29, 1.82) is 0 Å². The maximum atomic E-state index is 13.0. The summed E-state index contributed by atoms with van der Waals surface area (Å²) in [7, 11) is 0. The molecule has 432 valence electrons. The standard InChI is InChI=1S/C29H53NO8.C27H49NO8/c1-6-7-8-9-10-11-12-13-18-36-19-14-17-30(26(31)15-16-27(32)33)25(29(35)38-22-24(4)5)20-28(34)37-21-23(2)3;1-6-7-8-9-10-11-16-34-17-12-15-28(24(29)13-14-25(30)31)23(27(33)36-20-22(4)5)18-26(32)35-19-21(2)3/h23-25H,6-22H2,1-5H3,(H,32,33);21-23H,6-20H2,1-5H3,(H,30,31). The first-order valence-corrected chi connectivity index (χ1v) is 28.0. The van der Waals surface area contributed by atoms with Gasteiger partial charge in [-0.05, 0) is 49.4 Å². The largest absolute Gasteiger partial charge is 0.481 e. The number of hydrogen-bond donors (Lipinski definition) is 2. The van der Waals surface area contributed by atoms with Gasteiger partial charge in [0.15, 0.2) is 0 Å². The van der Waals surface area contributed by atoms with E-state index in [9.17, 15) is 38.4 Å². The lowest BCUT2D eigenvalue weighted by molar-refractivity contribution is -0.161. The number of esters is 4. The minimum Gasteiger partial charge on any atom is -0.481 e. The Morgan fingerprint density at radius 1 is 0.378 bits per heavy atom. The van der Waals surface area contributed by atoms with Crippen molar-refractivity contribution in [3.8, 4) is 0 Å². The number of unbranched alkanes of at least 4 members (excludes halogenated alkanes) is 12. The molecule has 0 aliphatic heterocycles. The molecule has 0 aliphatic rings. The van der Waals surface area contributed by atoms with Gasteiger partial charge in [-0.2, -0.15) is 0 Å². The Morgan fingerprint density at radius 3 is 0.959 bits per heavy atom. The number of ether oxygens (including phenoxy) is 6. The first-order valence-electron chi connectivity index (χ1n) is 28.0. The van der Waals surface area contributed by atoms with Crippen molar-refractivity contribution in [3.63, 3.8) is 0 Å². The number of carboxylic acid groups (broad SMARTS) is 2. The lowest BCUT2D eigenvalue weighted by Crippen LogP contribution is -2.48. The van der Waals surface area contributed by atoms with Gasteiger partial charge in [-0.3, -0.25) is 28.8 Å². The van der Waals surface area contributed by atoms with E-state index in [1.54, 1.807) is 0 Å². The van der Waals surface area contributed by atoms with E-state index in [0.717, 1.165) is 25.7 Å². The average Bonchev–Trinajstić information content (AvgIpc) is 3.34. The Bertz CT molecular complexity index is 1520. The van der Waals surface area contributed by atoms with Crippen LogP contribution in [-0.4, -0.2) is 146 Å². The average molecular weight is 1060 g/mol. The van der Waals surface area contributed by atoms with Crippen LogP contribution in [0.25, 0.3) is 0 Å². The predicted molar refractivity (Wildman–Crippen MR) is 284 cm³/mol. The topological polar surface area (TPSA) is 239 Å². The minimum atomic E-state index is -1.18. The Hall–Kier alpha value is -4.32. The molecule has 0 spiro atoms. The summed E-state index contributed by atoms with van der Waals surface area (Å²) in [5.74, 6) is -5.45. The maximum absolute atomic E-state index is 13.0. The summed E-state index contributed by atoms with van der Waals surface area (Å²) in [6, 6.07) is -2.36. The van der Waals surface area contributed by atoms with Crippen LogP contribution < -0.4 is 0 Å². The predicted octanol–water partition coefficient (Wildman–Crippen LogP) is 9.99. The molecule has 18 heteroatoms. The van der Waals surface area contributed by atoms with E-state index < -0.39 is 59.7 Å². The first kappa shape index (κ1) is 71.8. The summed E-state index contributed by atoms with van der Waals surface area (Å²) in [5, 5.41) is 18.0. The van der Waals surface area contributed by atoms with Gasteiger partial charge in [0.25, 0.3) is 0 Å². The Labute approximate surface area is 445 Å². The summed E-state index contributed by atoms with van der Waals surface area (Å²) in [5.41, 5.74) is 0. The third-order valence-electron chi connectivity index (χ3n) is 11.2. The number of carboxylic acids is 2. The summed E-state index contributed by atoms with van der Waals surface area (Å²) in [6.45, 7) is 22.6. The van der Waals surface area contributed by atoms with Crippen LogP contribution in [0.5, 0.6) is 0 Å². The number of carbonyl (C=O) groups excluding carboxylic acids is 6. The zero-order chi connectivity index (χ0) is 56.1. The molecule has 0 radical (unpaired) electrons. The quantitative estimate of drug-likeness (QED) is 0.0327. The van der Waals surface area contributed by atoms with Crippen LogP contribution in [0.15, 0.2) is 0 Å². The Morgan fingerprint density at radius 2 is 0.662 bits per heavy atom. The zero-order valence-electron chi connectivity index (χ0n) is 47.6. The number of hydrogen-bond acceptors (Lipinski definition) is 14. The van der Waals surface area contributed by atoms with E-state index in [2.05, 4.69) is 13.8 Å². The van der Waals surface area contributed by atoms with Crippen LogP contribution in [0.4, 0.5) is 0 Å². The van der Waals surface area contributed by atoms with Gasteiger partial charge in [-0.15, -0.1) is 0 Å². The highest BCUT2D eigenvalue weighted by molar-refractivity contribution is 5.90. The van der Waals surface area contributed by atoms with Crippen molar-refractivity contribution in [2.24, 2.45) is 23.7 Å². The van der Waals surface area contributed by atoms with Gasteiger partial charge in [0.1, 0.15) is 12.1 Å². The molecule has 0 fully saturated rings. The molecule has 0 heterocycles. The van der Waals surface area contributed by atoms with Crippen molar-refractivity contribution in [1.82, 2.24) is 9.80 Å². The van der Waals surface area contributed by atoms with Crippen LogP contribution in [0.2, 0.25) is 0 Å². The monoisotopic (exact) mass is 1060 g/mol. The lowest BCUT2D eigenvalue weighted by atomic mass is 10.1. The second-order valence-corrected chi connectivity index (χ2v) is 20.8. The SMILES string of the molecule is CCCCCCCCCCOCCCN(C(=O)CCC(=O)O)C(CC(=O)OCC(C)C)C(=O)OCC(C)C.CCCCCCCCOCCCN(C(=O)CCC(=O)O)C(CC(=O)OCC(C)C)C(=O)OCC(C)C. The fraction of sp³-hybridized carbons (Fsp3) is 0.857. The molecule has 0 aromatic carbocycles. The molecular weight excluding hydrogens is 957 g/mol. The van der Waals surface area contributed by atoms with Gasteiger partial charge in [0, 0.05) is 52.4 Å². The molecule has 0 bridgehead atoms. The molecule has 0 aromatic heterocycles. The number of carbonyl (C=O) groups is 8. The Balaban J connectivity index is 0. The number of aliphatic carboxylic acids is 2. The lowest BCUT2D eigenvalue weighted by Gasteiger charge is -2.30. The van der Waals surface area contributed by atoms with E-state index in [4.69, 9.17) is 38.6 Å². The molecule has 0 saturated heterocycles. The fourth-order valence-electron chi connectivity index (χ4n) is 7.11. The molecule has 2 N–H and O–H groups in total. The van der Waals surface area contributed by atoms with Crippen LogP contribution in [-0.2, 0) is 66.8 Å². The highest BCUT2D eigenvalue weighted by atomic mass is 16.6. The van der Waals surface area contributed by atoms with Crippen molar-refractivity contribution in [2.75, 3.05) is 65.9 Å². The zero-order valence-corrected chi connectivity index (χ0v) is 47.6. The van der Waals surface area contributed by atoms with Crippen molar-refractivity contribution < 1.29 is 77.0 Å². The summed E-state index contributed by atoms with van der Waals surface area (Å²) >= 11 is 0. The molecule has 0 aromatic rings. The van der Waals surface area contributed by atoms with Crippen molar-refractivity contribution >= 4 is 47.6 Å². The summed E-state index contributed by atoms with van der Waals surface area (Å²) < 4.78 is 32.7. The van der Waals surface area contributed by atoms with Gasteiger partial charge >= 0.3 is 35.8 Å². The van der Waals surface area contributed by atoms with Crippen molar-refractivity contribution in [3.05, 3.63) is 0 Å². The van der Waals surface area contributed by atoms with E-state index in [1.807, 2.05) is 55.4 Å². The molecule has 0 aliphatic carbocycles. The van der Waals surface area contributed by atoms with E-state index in [1.165, 1.54) is 74.0 Å². The second-order valence-electron chi connectivity index (χ2n) is 20.8. The van der Waals surface area contributed by atoms with Crippen LogP contribution in [0.3, 0.4) is 0 Å². The van der Waals surface area contributed by atoms with E-state index >= 15 is 0 Å². The summed E-state index contributed by atoms with van der Waals surface area (Å²) in [4.78, 5) is 101. The maximum Gasteiger partial charge on any atom is 0.329 e. The molecular formula is C56H102N2O16. The van der Waals surface area contributed by atoms with Gasteiger partial charge in [-0.25, -0.2) is 9.59 Å². The fourth-order valence-corrected chi connectivity index (χ4v) is 7.11. The van der Waals surface area contributed by atoms with Crippen molar-refractivity contribution in [2.45, 2.75) is 223 Å². The second kappa shape index (κ2) is 47.2. The number of amides is 2. The van der Waals surface area contributed by atoms with Gasteiger partial charge in [0.05, 0.1) is 52.1 Å². The minimum absolute atomic E-state index is 0.0772. The normalized spacial score (nSPS) is 12.0. The highest BCUT2D eigenvalue weighted by Crippen LogP contribution is 2.17. The molecule has 0 saturated carbocycles. The molecule has 0 rings (SSSR count). The van der Waals surface area contributed by atoms with Gasteiger partial charge in [0.2, 0.25) is 11.8 Å². The first-order chi connectivity index (χ1) is 35.2. The highest BCUT2D eigenvalue weighted by Gasteiger charge is 2.35. The smallest absolute Gasteiger partial charge is 0.329 e. The third-order valence-corrected chi connectivity index (χ3v) is 11.2. The molecule has 74 heavy (non-hydrogen) atoms. The van der Waals surface area contributed by atoms with Crippen LogP contribution >= 0.6 is 0 Å². The Kier molecular flexibility index (Phi) is 45.7. The molecule has 2 amide bonds. The van der Waals surface area contributed by atoms with E-state index in [-0.39, 0.29) is 102 Å². The number of nitrogens with zero attached hydrogens (tertiary/aromatic N) is 2. The van der Waals surface area contributed by atoms with Crippen LogP contribution in [0.1, 0.15) is 210 Å². The van der Waals surface area contributed by atoms with Gasteiger partial charge < -0.3 is 48.4 Å². The van der Waals surface area contributed by atoms with Crippen LogP contribution in [0, 0.1) is 23.7 Å². The molecule has 2 atom stereocenters. The molecule has 2 unspecified atom stereocenters. The summed E-state index contributed by atoms with van der Waals surface area (Å²) in [6.07, 6.45) is 15.6. The molecule has 18 nitrogen and oxygen atoms in total.